The van der Waals surface area contributed by atoms with Gasteiger partial charge in [0.25, 0.3) is 10.0 Å². The lowest BCUT2D eigenvalue weighted by molar-refractivity contribution is -0.128. The van der Waals surface area contributed by atoms with Gasteiger partial charge in [-0.25, -0.2) is 8.42 Å². The highest BCUT2D eigenvalue weighted by atomic mass is 35.5. The average molecular weight is 471 g/mol. The highest BCUT2D eigenvalue weighted by molar-refractivity contribution is 7.92. The third kappa shape index (κ3) is 5.50. The molecule has 32 heavy (non-hydrogen) atoms. The predicted octanol–water partition coefficient (Wildman–Crippen LogP) is 5.06. The van der Waals surface area contributed by atoms with Crippen molar-refractivity contribution in [1.29, 1.82) is 0 Å². The molecule has 0 saturated heterocycles. The summed E-state index contributed by atoms with van der Waals surface area (Å²) in [7, 11) is -2.28. The molecule has 1 amide bonds. The molecule has 0 aliphatic rings. The molecule has 0 bridgehead atoms. The highest BCUT2D eigenvalue weighted by Crippen LogP contribution is 2.28. The lowest BCUT2D eigenvalue weighted by atomic mass is 10.1. The van der Waals surface area contributed by atoms with Crippen molar-refractivity contribution in [2.24, 2.45) is 0 Å². The molecule has 0 fully saturated rings. The second kappa shape index (κ2) is 10.2. The Balaban J connectivity index is 1.94. The Hall–Kier alpha value is -2.83. The number of hydrogen-bond donors (Lipinski definition) is 0. The molecule has 0 N–H and O–H groups in total. The second-order valence-electron chi connectivity index (χ2n) is 7.68. The van der Waals surface area contributed by atoms with E-state index in [0.717, 1.165) is 16.7 Å². The quantitative estimate of drug-likeness (QED) is 0.462. The van der Waals surface area contributed by atoms with E-state index < -0.39 is 10.0 Å². The van der Waals surface area contributed by atoms with E-state index in [-0.39, 0.29) is 17.3 Å². The molecule has 0 atom stereocenters. The Labute approximate surface area is 195 Å². The third-order valence-electron chi connectivity index (χ3n) is 5.29. The Bertz CT molecular complexity index is 1180. The number of amides is 1. The number of anilines is 1. The molecule has 0 spiro atoms. The first kappa shape index (κ1) is 23.8. The molecular weight excluding hydrogens is 444 g/mol. The van der Waals surface area contributed by atoms with Gasteiger partial charge in [0, 0.05) is 18.6 Å². The van der Waals surface area contributed by atoms with E-state index in [9.17, 15) is 13.2 Å². The molecule has 3 aromatic rings. The van der Waals surface area contributed by atoms with Crippen LogP contribution in [0.3, 0.4) is 0 Å². The summed E-state index contributed by atoms with van der Waals surface area (Å²) in [6.07, 6.45) is 0.644. The van der Waals surface area contributed by atoms with Crippen molar-refractivity contribution < 1.29 is 13.2 Å². The summed E-state index contributed by atoms with van der Waals surface area (Å²) >= 11 is 5.94. The zero-order valence-corrected chi connectivity index (χ0v) is 20.0. The fraction of sp³-hybridized carbons (Fsp3) is 0.240. The number of hydrogen-bond acceptors (Lipinski definition) is 3. The predicted molar refractivity (Wildman–Crippen MR) is 129 cm³/mol. The van der Waals surface area contributed by atoms with Crippen molar-refractivity contribution in [3.63, 3.8) is 0 Å². The largest absolute Gasteiger partial charge is 0.340 e. The maximum absolute atomic E-state index is 13.6. The number of nitrogens with zero attached hydrogens (tertiary/aromatic N) is 2. The Morgan fingerprint density at radius 3 is 2.19 bits per heavy atom. The van der Waals surface area contributed by atoms with Crippen molar-refractivity contribution in [2.75, 3.05) is 17.9 Å². The average Bonchev–Trinajstić information content (AvgIpc) is 2.79. The number of benzene rings is 3. The molecule has 0 saturated carbocycles. The van der Waals surface area contributed by atoms with E-state index >= 15 is 0 Å². The van der Waals surface area contributed by atoms with Crippen LogP contribution in [0.2, 0.25) is 5.02 Å². The number of halogens is 1. The minimum absolute atomic E-state index is 0.155. The maximum atomic E-state index is 13.6. The first-order valence-electron chi connectivity index (χ1n) is 10.4. The zero-order chi connectivity index (χ0) is 23.3. The summed E-state index contributed by atoms with van der Waals surface area (Å²) in [5.74, 6) is -0.304. The van der Waals surface area contributed by atoms with Gasteiger partial charge in [0.05, 0.1) is 10.6 Å². The Morgan fingerprint density at radius 1 is 0.938 bits per heavy atom. The Kier molecular flexibility index (Phi) is 7.59. The van der Waals surface area contributed by atoms with Gasteiger partial charge in [-0.3, -0.25) is 9.10 Å². The normalized spacial score (nSPS) is 11.2. The summed E-state index contributed by atoms with van der Waals surface area (Å²) in [4.78, 5) is 14.8. The van der Waals surface area contributed by atoms with Gasteiger partial charge in [-0.2, -0.15) is 0 Å². The summed E-state index contributed by atoms with van der Waals surface area (Å²) in [5.41, 5.74) is 3.25. The van der Waals surface area contributed by atoms with Crippen molar-refractivity contribution in [1.82, 2.24) is 4.90 Å². The van der Waals surface area contributed by atoms with Gasteiger partial charge in [-0.05, 0) is 54.8 Å². The Morgan fingerprint density at radius 2 is 1.56 bits per heavy atom. The topological polar surface area (TPSA) is 57.7 Å². The van der Waals surface area contributed by atoms with Crippen LogP contribution in [0.25, 0.3) is 0 Å². The molecule has 3 aromatic carbocycles. The van der Waals surface area contributed by atoms with E-state index in [1.165, 1.54) is 9.21 Å². The zero-order valence-electron chi connectivity index (χ0n) is 18.5. The first-order chi connectivity index (χ1) is 15.2. The van der Waals surface area contributed by atoms with Gasteiger partial charge >= 0.3 is 0 Å². The van der Waals surface area contributed by atoms with Crippen LogP contribution in [-0.4, -0.2) is 32.8 Å². The van der Waals surface area contributed by atoms with Crippen LogP contribution in [-0.2, 0) is 27.8 Å². The van der Waals surface area contributed by atoms with Crippen molar-refractivity contribution in [3.8, 4) is 0 Å². The summed E-state index contributed by atoms with van der Waals surface area (Å²) in [6, 6.07) is 21.2. The second-order valence-corrected chi connectivity index (χ2v) is 9.98. The third-order valence-corrected chi connectivity index (χ3v) is 7.31. The minimum atomic E-state index is -3.94. The summed E-state index contributed by atoms with van der Waals surface area (Å²) in [5, 5.41) is 0.620. The number of aryl methyl sites for hydroxylation is 2. The standard InChI is InChI=1S/C25H27ClN2O3S/c1-4-21-7-5-6-8-24(21)28(32(30,31)23-15-9-19(2)10-16-23)18-25(29)27(3)17-20-11-13-22(26)14-12-20/h5-16H,4,17-18H2,1-3H3. The van der Waals surface area contributed by atoms with Crippen molar-refractivity contribution in [3.05, 3.63) is 94.5 Å². The molecule has 7 heteroatoms. The van der Waals surface area contributed by atoms with E-state index in [4.69, 9.17) is 11.6 Å². The lowest BCUT2D eigenvalue weighted by Gasteiger charge is -2.28. The molecule has 0 aliphatic carbocycles. The number of rotatable bonds is 8. The number of carbonyl (C=O) groups is 1. The van der Waals surface area contributed by atoms with E-state index in [1.54, 1.807) is 55.6 Å². The van der Waals surface area contributed by atoms with Gasteiger partial charge in [0.1, 0.15) is 6.54 Å². The molecule has 0 radical (unpaired) electrons. The lowest BCUT2D eigenvalue weighted by Crippen LogP contribution is -2.41. The van der Waals surface area contributed by atoms with Gasteiger partial charge < -0.3 is 4.90 Å². The molecule has 0 aliphatic heterocycles. The molecule has 0 aromatic heterocycles. The molecular formula is C25H27ClN2O3S. The van der Waals surface area contributed by atoms with Crippen LogP contribution < -0.4 is 4.31 Å². The number of likely N-dealkylation sites (N-methyl/N-ethyl adjacent to an activating group) is 1. The highest BCUT2D eigenvalue weighted by Gasteiger charge is 2.29. The molecule has 3 rings (SSSR count). The van der Waals surface area contributed by atoms with Crippen LogP contribution in [0.5, 0.6) is 0 Å². The van der Waals surface area contributed by atoms with E-state index in [2.05, 4.69) is 0 Å². The smallest absolute Gasteiger partial charge is 0.264 e. The van der Waals surface area contributed by atoms with Crippen molar-refractivity contribution in [2.45, 2.75) is 31.7 Å². The fourth-order valence-corrected chi connectivity index (χ4v) is 4.96. The first-order valence-corrected chi connectivity index (χ1v) is 12.2. The maximum Gasteiger partial charge on any atom is 0.264 e. The molecule has 0 heterocycles. The van der Waals surface area contributed by atoms with Gasteiger partial charge in [-0.1, -0.05) is 66.6 Å². The summed E-state index contributed by atoms with van der Waals surface area (Å²) < 4.78 is 28.4. The SMILES string of the molecule is CCc1ccccc1N(CC(=O)N(C)Cc1ccc(Cl)cc1)S(=O)(=O)c1ccc(C)cc1. The molecule has 5 nitrogen and oxygen atoms in total. The van der Waals surface area contributed by atoms with Gasteiger partial charge in [-0.15, -0.1) is 0 Å². The van der Waals surface area contributed by atoms with E-state index in [1.807, 2.05) is 38.1 Å². The molecule has 0 unspecified atom stereocenters. The van der Waals surface area contributed by atoms with Crippen LogP contribution in [0, 0.1) is 6.92 Å². The van der Waals surface area contributed by atoms with Gasteiger partial charge in [0.15, 0.2) is 0 Å². The number of para-hydroxylation sites is 1. The fourth-order valence-electron chi connectivity index (χ4n) is 3.39. The van der Waals surface area contributed by atoms with Crippen LogP contribution >= 0.6 is 11.6 Å². The summed E-state index contributed by atoms with van der Waals surface area (Å²) in [6.45, 7) is 3.92. The minimum Gasteiger partial charge on any atom is -0.340 e. The number of carbonyl (C=O) groups excluding carboxylic acids is 1. The monoisotopic (exact) mass is 470 g/mol. The van der Waals surface area contributed by atoms with Crippen LogP contribution in [0.1, 0.15) is 23.6 Å². The van der Waals surface area contributed by atoms with Crippen LogP contribution in [0.15, 0.2) is 77.7 Å². The van der Waals surface area contributed by atoms with Crippen LogP contribution in [0.4, 0.5) is 5.69 Å². The molecule has 168 valence electrons. The number of sulfonamides is 1. The van der Waals surface area contributed by atoms with Gasteiger partial charge in [0.2, 0.25) is 5.91 Å². The van der Waals surface area contributed by atoms with E-state index in [0.29, 0.717) is 23.7 Å². The van der Waals surface area contributed by atoms with Crippen molar-refractivity contribution >= 4 is 33.2 Å².